The summed E-state index contributed by atoms with van der Waals surface area (Å²) < 4.78 is 34.0. The third-order valence-electron chi connectivity index (χ3n) is 4.88. The van der Waals surface area contributed by atoms with Crippen molar-refractivity contribution in [1.29, 1.82) is 5.26 Å². The van der Waals surface area contributed by atoms with E-state index in [1.807, 2.05) is 38.1 Å². The summed E-state index contributed by atoms with van der Waals surface area (Å²) in [6, 6.07) is 17.7. The molecule has 162 valence electrons. The van der Waals surface area contributed by atoms with Crippen LogP contribution in [-0.2, 0) is 23.0 Å². The van der Waals surface area contributed by atoms with E-state index in [4.69, 9.17) is 10.00 Å². The standard InChI is InChI=1S/C24H22N4O3S/c1-16(2)31-20-7-6-19-15-27-24(22(19)14-20)18-9-11-26-23(13-18)28-32(29,30)21-5-3-4-17(12-21)8-10-25/h3-7,9,11-14,16H,8,15H2,1-2H3,(H,26,28). The number of benzene rings is 2. The lowest BCUT2D eigenvalue weighted by atomic mass is 10.0. The second-order valence-corrected chi connectivity index (χ2v) is 9.35. The van der Waals surface area contributed by atoms with E-state index in [2.05, 4.69) is 14.7 Å². The molecule has 1 N–H and O–H groups in total. The predicted molar refractivity (Wildman–Crippen MR) is 122 cm³/mol. The summed E-state index contributed by atoms with van der Waals surface area (Å²) >= 11 is 0. The maximum atomic E-state index is 12.9. The molecule has 4 rings (SSSR count). The minimum atomic E-state index is -3.86. The monoisotopic (exact) mass is 446 g/mol. The van der Waals surface area contributed by atoms with Gasteiger partial charge < -0.3 is 4.74 Å². The summed E-state index contributed by atoms with van der Waals surface area (Å²) in [6.07, 6.45) is 1.75. The molecule has 0 radical (unpaired) electrons. The zero-order valence-electron chi connectivity index (χ0n) is 17.7. The number of nitriles is 1. The first-order valence-corrected chi connectivity index (χ1v) is 11.6. The van der Waals surface area contributed by atoms with Crippen LogP contribution < -0.4 is 9.46 Å². The molecule has 0 bridgehead atoms. The molecule has 2 aromatic carbocycles. The van der Waals surface area contributed by atoms with Crippen molar-refractivity contribution in [3.63, 3.8) is 0 Å². The fourth-order valence-electron chi connectivity index (χ4n) is 3.50. The summed E-state index contributed by atoms with van der Waals surface area (Å²) in [4.78, 5) is 8.90. The molecule has 1 aliphatic heterocycles. The van der Waals surface area contributed by atoms with Gasteiger partial charge in [-0.15, -0.1) is 0 Å². The molecule has 1 aliphatic rings. The summed E-state index contributed by atoms with van der Waals surface area (Å²) in [5, 5.41) is 8.87. The number of aliphatic imine (C=N–C) groups is 1. The van der Waals surface area contributed by atoms with Gasteiger partial charge in [-0.05, 0) is 61.4 Å². The Morgan fingerprint density at radius 2 is 2.00 bits per heavy atom. The van der Waals surface area contributed by atoms with Gasteiger partial charge in [0, 0.05) is 17.3 Å². The number of sulfonamides is 1. The zero-order chi connectivity index (χ0) is 22.7. The number of nitrogens with zero attached hydrogens (tertiary/aromatic N) is 3. The third-order valence-corrected chi connectivity index (χ3v) is 6.23. The molecule has 0 amide bonds. The summed E-state index contributed by atoms with van der Waals surface area (Å²) in [6.45, 7) is 4.50. The molecule has 32 heavy (non-hydrogen) atoms. The fourth-order valence-corrected chi connectivity index (χ4v) is 4.57. The number of anilines is 1. The number of ether oxygens (including phenoxy) is 1. The summed E-state index contributed by atoms with van der Waals surface area (Å²) in [5.41, 5.74) is 4.22. The van der Waals surface area contributed by atoms with Crippen molar-refractivity contribution in [3.8, 4) is 11.8 Å². The Balaban J connectivity index is 1.61. The zero-order valence-corrected chi connectivity index (χ0v) is 18.6. The normalized spacial score (nSPS) is 12.8. The van der Waals surface area contributed by atoms with Gasteiger partial charge >= 0.3 is 0 Å². The highest BCUT2D eigenvalue weighted by atomic mass is 32.2. The van der Waals surface area contributed by atoms with Gasteiger partial charge in [0.15, 0.2) is 0 Å². The molecular weight excluding hydrogens is 424 g/mol. The van der Waals surface area contributed by atoms with Crippen LogP contribution in [0.15, 0.2) is 70.7 Å². The topological polar surface area (TPSA) is 104 Å². The highest BCUT2D eigenvalue weighted by molar-refractivity contribution is 7.92. The van der Waals surface area contributed by atoms with Crippen molar-refractivity contribution in [2.24, 2.45) is 4.99 Å². The van der Waals surface area contributed by atoms with Gasteiger partial charge in [-0.25, -0.2) is 13.4 Å². The summed E-state index contributed by atoms with van der Waals surface area (Å²) in [5.74, 6) is 0.958. The maximum Gasteiger partial charge on any atom is 0.263 e. The van der Waals surface area contributed by atoms with Crippen LogP contribution in [0.1, 0.15) is 36.1 Å². The van der Waals surface area contributed by atoms with E-state index in [1.165, 1.54) is 12.1 Å². The highest BCUT2D eigenvalue weighted by Crippen LogP contribution is 2.28. The van der Waals surface area contributed by atoms with Crippen molar-refractivity contribution in [2.75, 3.05) is 4.72 Å². The molecular formula is C24H22N4O3S. The number of aromatic nitrogens is 1. The molecule has 8 heteroatoms. The van der Waals surface area contributed by atoms with Crippen molar-refractivity contribution in [3.05, 3.63) is 83.0 Å². The first-order valence-electron chi connectivity index (χ1n) is 10.2. The molecule has 0 fully saturated rings. The Hall–Kier alpha value is -3.70. The van der Waals surface area contributed by atoms with Crippen LogP contribution in [-0.4, -0.2) is 25.2 Å². The Morgan fingerprint density at radius 1 is 1.16 bits per heavy atom. The van der Waals surface area contributed by atoms with E-state index in [-0.39, 0.29) is 23.2 Å². The van der Waals surface area contributed by atoms with E-state index in [9.17, 15) is 8.42 Å². The molecule has 7 nitrogen and oxygen atoms in total. The van der Waals surface area contributed by atoms with Gasteiger partial charge in [-0.3, -0.25) is 9.71 Å². The number of pyridine rings is 1. The number of rotatable bonds is 7. The molecule has 0 saturated heterocycles. The lowest BCUT2D eigenvalue weighted by molar-refractivity contribution is 0.242. The van der Waals surface area contributed by atoms with Crippen LogP contribution in [0.4, 0.5) is 5.82 Å². The van der Waals surface area contributed by atoms with Crippen molar-refractivity contribution in [1.82, 2.24) is 4.98 Å². The largest absolute Gasteiger partial charge is 0.491 e. The fraction of sp³-hybridized carbons (Fsp3) is 0.208. The van der Waals surface area contributed by atoms with E-state index < -0.39 is 10.0 Å². The Kier molecular flexibility index (Phi) is 5.93. The number of fused-ring (bicyclic) bond motifs is 1. The van der Waals surface area contributed by atoms with Crippen LogP contribution in [0.3, 0.4) is 0 Å². The third kappa shape index (κ3) is 4.63. The minimum Gasteiger partial charge on any atom is -0.491 e. The van der Waals surface area contributed by atoms with Crippen LogP contribution >= 0.6 is 0 Å². The van der Waals surface area contributed by atoms with Crippen molar-refractivity contribution < 1.29 is 13.2 Å². The van der Waals surface area contributed by atoms with Crippen LogP contribution in [0.2, 0.25) is 0 Å². The lowest BCUT2D eigenvalue weighted by Crippen LogP contribution is -2.15. The molecule has 3 aromatic rings. The SMILES string of the molecule is CC(C)Oc1ccc2c(c1)C(c1ccnc(NS(=O)(=O)c3cccc(CC#N)c3)c1)=NC2. The van der Waals surface area contributed by atoms with Crippen LogP contribution in [0.25, 0.3) is 0 Å². The Morgan fingerprint density at radius 3 is 2.78 bits per heavy atom. The first kappa shape index (κ1) is 21.5. The highest BCUT2D eigenvalue weighted by Gasteiger charge is 2.21. The Bertz CT molecular complexity index is 1340. The molecule has 2 heterocycles. The average Bonchev–Trinajstić information content (AvgIpc) is 3.17. The summed E-state index contributed by atoms with van der Waals surface area (Å²) in [7, 11) is -3.86. The van der Waals surface area contributed by atoms with Crippen molar-refractivity contribution >= 4 is 21.6 Å². The lowest BCUT2D eigenvalue weighted by Gasteiger charge is -2.12. The predicted octanol–water partition coefficient (Wildman–Crippen LogP) is 4.09. The smallest absolute Gasteiger partial charge is 0.263 e. The quantitative estimate of drug-likeness (QED) is 0.589. The van der Waals surface area contributed by atoms with E-state index in [0.717, 1.165) is 28.2 Å². The molecule has 1 aromatic heterocycles. The maximum absolute atomic E-state index is 12.9. The second kappa shape index (κ2) is 8.81. The molecule has 0 atom stereocenters. The van der Waals surface area contributed by atoms with Gasteiger partial charge in [-0.2, -0.15) is 5.26 Å². The van der Waals surface area contributed by atoms with E-state index in [0.29, 0.717) is 12.1 Å². The van der Waals surface area contributed by atoms with Gasteiger partial charge in [0.2, 0.25) is 0 Å². The van der Waals surface area contributed by atoms with E-state index >= 15 is 0 Å². The number of nitrogens with one attached hydrogen (secondary N) is 1. The number of hydrogen-bond acceptors (Lipinski definition) is 6. The Labute approximate surface area is 187 Å². The van der Waals surface area contributed by atoms with Gasteiger partial charge in [-0.1, -0.05) is 18.2 Å². The second-order valence-electron chi connectivity index (χ2n) is 7.67. The van der Waals surface area contributed by atoms with Crippen LogP contribution in [0.5, 0.6) is 5.75 Å². The number of hydrogen-bond donors (Lipinski definition) is 1. The van der Waals surface area contributed by atoms with Crippen molar-refractivity contribution in [2.45, 2.75) is 37.8 Å². The molecule has 0 unspecified atom stereocenters. The van der Waals surface area contributed by atoms with Crippen LogP contribution in [0, 0.1) is 11.3 Å². The first-order chi connectivity index (χ1) is 15.4. The molecule has 0 saturated carbocycles. The molecule has 0 aliphatic carbocycles. The minimum absolute atomic E-state index is 0.0587. The van der Waals surface area contributed by atoms with Gasteiger partial charge in [0.05, 0.1) is 35.7 Å². The van der Waals surface area contributed by atoms with Gasteiger partial charge in [0.25, 0.3) is 10.0 Å². The molecule has 0 spiro atoms. The van der Waals surface area contributed by atoms with Gasteiger partial charge in [0.1, 0.15) is 11.6 Å². The van der Waals surface area contributed by atoms with E-state index in [1.54, 1.807) is 30.5 Å². The average molecular weight is 447 g/mol.